The first-order valence-electron chi connectivity index (χ1n) is 10.9. The predicted octanol–water partition coefficient (Wildman–Crippen LogP) is -0.837. The molecule has 0 aliphatic carbocycles. The molecule has 188 valence electrons. The number of ketones is 3. The molecule has 2 aliphatic rings. The molecule has 0 saturated carbocycles. The zero-order chi connectivity index (χ0) is 25.6. The Labute approximate surface area is 206 Å². The maximum absolute atomic E-state index is 12.9. The number of halogens is 2. The molecule has 2 fully saturated rings. The van der Waals surface area contributed by atoms with Crippen LogP contribution < -0.4 is 10.6 Å². The van der Waals surface area contributed by atoms with Crippen molar-refractivity contribution in [2.75, 3.05) is 26.2 Å². The van der Waals surface area contributed by atoms with Crippen LogP contribution in [0.1, 0.15) is 39.5 Å². The van der Waals surface area contributed by atoms with Crippen LogP contribution in [-0.4, -0.2) is 99.8 Å². The third kappa shape index (κ3) is 6.75. The largest absolute Gasteiger partial charge is 0.347 e. The van der Waals surface area contributed by atoms with E-state index in [0.29, 0.717) is 12.8 Å². The van der Waals surface area contributed by atoms with Crippen LogP contribution in [0.15, 0.2) is 0 Å². The van der Waals surface area contributed by atoms with Gasteiger partial charge in [0.1, 0.15) is 0 Å². The van der Waals surface area contributed by atoms with Crippen molar-refractivity contribution in [3.05, 3.63) is 0 Å². The highest BCUT2D eigenvalue weighted by Gasteiger charge is 2.45. The van der Waals surface area contributed by atoms with Crippen molar-refractivity contribution in [3.8, 4) is 0 Å². The molecule has 2 saturated heterocycles. The number of nitrogens with one attached hydrogen (secondary N) is 2. The fourth-order valence-corrected chi connectivity index (χ4v) is 4.68. The van der Waals surface area contributed by atoms with Crippen LogP contribution >= 0.6 is 23.2 Å². The zero-order valence-electron chi connectivity index (χ0n) is 19.0. The van der Waals surface area contributed by atoms with Gasteiger partial charge in [0, 0.05) is 26.9 Å². The summed E-state index contributed by atoms with van der Waals surface area (Å²) < 4.78 is 0. The van der Waals surface area contributed by atoms with Crippen molar-refractivity contribution in [1.29, 1.82) is 0 Å². The number of alkyl halides is 2. The van der Waals surface area contributed by atoms with E-state index in [9.17, 15) is 33.6 Å². The van der Waals surface area contributed by atoms with Crippen LogP contribution in [-0.2, 0) is 33.6 Å². The molecule has 2 heterocycles. The number of hydrogen-bond acceptors (Lipinski definition) is 7. The highest BCUT2D eigenvalue weighted by Crippen LogP contribution is 2.25. The number of carbonyl (C=O) groups is 7. The van der Waals surface area contributed by atoms with Gasteiger partial charge in [-0.2, -0.15) is 0 Å². The minimum absolute atomic E-state index is 0.267. The van der Waals surface area contributed by atoms with Gasteiger partial charge in [-0.05, 0) is 25.7 Å². The molecule has 0 bridgehead atoms. The average molecular weight is 519 g/mol. The van der Waals surface area contributed by atoms with Gasteiger partial charge in [-0.1, -0.05) is 0 Å². The Balaban J connectivity index is 2.03. The van der Waals surface area contributed by atoms with E-state index in [4.69, 9.17) is 23.2 Å². The van der Waals surface area contributed by atoms with E-state index in [0.717, 1.165) is 0 Å². The third-order valence-electron chi connectivity index (χ3n) is 5.78. The molecular weight excluding hydrogens is 491 g/mol. The zero-order valence-corrected chi connectivity index (χ0v) is 20.5. The lowest BCUT2D eigenvalue weighted by Gasteiger charge is -2.27. The van der Waals surface area contributed by atoms with Crippen LogP contribution in [0.3, 0.4) is 0 Å². The first kappa shape index (κ1) is 27.7. The average Bonchev–Trinajstić information content (AvgIpc) is 3.48. The minimum Gasteiger partial charge on any atom is -0.347 e. The number of Topliss-reactive ketones (excluding diaryl/α,β-unsaturated/α-hetero) is 3. The summed E-state index contributed by atoms with van der Waals surface area (Å²) in [5, 5.41) is 1.22. The summed E-state index contributed by atoms with van der Waals surface area (Å²) in [5.74, 6) is -4.28. The number of likely N-dealkylation sites (tertiary alicyclic amines) is 2. The Kier molecular flexibility index (Phi) is 9.99. The van der Waals surface area contributed by atoms with Crippen molar-refractivity contribution >= 4 is 64.2 Å². The highest BCUT2D eigenvalue weighted by molar-refractivity contribution is 6.52. The van der Waals surface area contributed by atoms with E-state index >= 15 is 0 Å². The van der Waals surface area contributed by atoms with Gasteiger partial charge in [-0.15, -0.1) is 23.2 Å². The van der Waals surface area contributed by atoms with Gasteiger partial charge in [0.05, 0.1) is 25.2 Å². The second-order valence-corrected chi connectivity index (χ2v) is 9.11. The van der Waals surface area contributed by atoms with E-state index in [-0.39, 0.29) is 39.0 Å². The molecule has 34 heavy (non-hydrogen) atoms. The van der Waals surface area contributed by atoms with Gasteiger partial charge in [0.2, 0.25) is 23.6 Å². The molecule has 0 aromatic rings. The van der Waals surface area contributed by atoms with Crippen LogP contribution in [0.25, 0.3) is 0 Å². The van der Waals surface area contributed by atoms with E-state index in [2.05, 4.69) is 10.6 Å². The van der Waals surface area contributed by atoms with E-state index in [1.807, 2.05) is 0 Å². The highest BCUT2D eigenvalue weighted by atomic mass is 35.5. The maximum Gasteiger partial charge on any atom is 0.242 e. The van der Waals surface area contributed by atoms with Crippen molar-refractivity contribution in [3.63, 3.8) is 0 Å². The summed E-state index contributed by atoms with van der Waals surface area (Å²) in [6, 6.07) is -1.93. The minimum atomic E-state index is -1.75. The SMILES string of the molecule is CC(=O)NCC(=O)N1CCC[C@H]1C(=O)C(Cl)C(=O)C(Cl)C(=O)[C@@H]1CCCN1C(=O)CNC(C)=O. The molecular formula is C21H28Cl2N4O7. The predicted molar refractivity (Wildman–Crippen MR) is 121 cm³/mol. The Hall–Kier alpha value is -2.53. The molecule has 0 aromatic heterocycles. The molecule has 0 radical (unpaired) electrons. The molecule has 2 rings (SSSR count). The normalized spacial score (nSPS) is 21.5. The fraction of sp³-hybridized carbons (Fsp3) is 0.667. The Morgan fingerprint density at radius 1 is 0.735 bits per heavy atom. The molecule has 4 amide bonds. The first-order chi connectivity index (χ1) is 16.0. The maximum atomic E-state index is 12.9. The van der Waals surface area contributed by atoms with Crippen molar-refractivity contribution in [2.24, 2.45) is 0 Å². The van der Waals surface area contributed by atoms with E-state index in [1.54, 1.807) is 0 Å². The number of amides is 4. The number of hydrogen-bond donors (Lipinski definition) is 2. The van der Waals surface area contributed by atoms with Crippen LogP contribution in [0, 0.1) is 0 Å². The van der Waals surface area contributed by atoms with E-state index in [1.165, 1.54) is 23.6 Å². The first-order valence-corrected chi connectivity index (χ1v) is 11.8. The molecule has 0 spiro atoms. The number of carbonyl (C=O) groups excluding carboxylic acids is 7. The van der Waals surface area contributed by atoms with Gasteiger partial charge >= 0.3 is 0 Å². The quantitative estimate of drug-likeness (QED) is 0.282. The summed E-state index contributed by atoms with van der Waals surface area (Å²) >= 11 is 12.2. The number of rotatable bonds is 10. The lowest BCUT2D eigenvalue weighted by Crippen LogP contribution is -2.52. The van der Waals surface area contributed by atoms with Crippen molar-refractivity contribution < 1.29 is 33.6 Å². The topological polar surface area (TPSA) is 150 Å². The van der Waals surface area contributed by atoms with E-state index < -0.39 is 63.8 Å². The van der Waals surface area contributed by atoms with Crippen LogP contribution in [0.2, 0.25) is 0 Å². The molecule has 2 unspecified atom stereocenters. The van der Waals surface area contributed by atoms with Gasteiger partial charge < -0.3 is 20.4 Å². The van der Waals surface area contributed by atoms with Gasteiger partial charge in [0.25, 0.3) is 0 Å². The lowest BCUT2D eigenvalue weighted by molar-refractivity contribution is -0.140. The third-order valence-corrected chi connectivity index (χ3v) is 6.64. The summed E-state index contributed by atoms with van der Waals surface area (Å²) in [6.45, 7) is 2.46. The summed E-state index contributed by atoms with van der Waals surface area (Å²) in [4.78, 5) is 87.9. The molecule has 2 N–H and O–H groups in total. The molecule has 0 aromatic carbocycles. The molecule has 2 aliphatic heterocycles. The Morgan fingerprint density at radius 2 is 1.09 bits per heavy atom. The molecule has 11 nitrogen and oxygen atoms in total. The smallest absolute Gasteiger partial charge is 0.242 e. The van der Waals surface area contributed by atoms with Crippen LogP contribution in [0.4, 0.5) is 0 Å². The monoisotopic (exact) mass is 518 g/mol. The summed E-state index contributed by atoms with van der Waals surface area (Å²) in [5.41, 5.74) is 0. The number of nitrogens with zero attached hydrogens (tertiary/aromatic N) is 2. The fourth-order valence-electron chi connectivity index (χ4n) is 4.07. The molecule has 4 atom stereocenters. The second-order valence-electron chi connectivity index (χ2n) is 8.24. The molecule has 13 heteroatoms. The standard InChI is InChI=1S/C21H28Cl2N4O7/c1-11(28)24-9-15(30)26-7-3-5-13(26)19(32)17(22)21(34)18(23)20(33)14-6-4-8-27(14)16(31)10-25-12(2)29/h13-14,17-18H,3-10H2,1-2H3,(H,24,28)(H,25,29)/t13-,14-,17?,18?/m0/s1. The summed E-state index contributed by atoms with van der Waals surface area (Å²) in [7, 11) is 0. The van der Waals surface area contributed by atoms with Gasteiger partial charge in [-0.25, -0.2) is 0 Å². The Morgan fingerprint density at radius 3 is 1.41 bits per heavy atom. The van der Waals surface area contributed by atoms with Gasteiger partial charge in [-0.3, -0.25) is 33.6 Å². The van der Waals surface area contributed by atoms with Crippen molar-refractivity contribution in [1.82, 2.24) is 20.4 Å². The summed E-state index contributed by atoms with van der Waals surface area (Å²) in [6.07, 6.45) is 1.60. The second kappa shape index (κ2) is 12.3. The van der Waals surface area contributed by atoms with Crippen molar-refractivity contribution in [2.45, 2.75) is 62.4 Å². The van der Waals surface area contributed by atoms with Crippen LogP contribution in [0.5, 0.6) is 0 Å². The lowest BCUT2D eigenvalue weighted by atomic mass is 9.98. The van der Waals surface area contributed by atoms with Gasteiger partial charge in [0.15, 0.2) is 28.1 Å². The Bertz CT molecular complexity index is 813.